The molecule has 2 unspecified atom stereocenters. The number of nitrogens with zero attached hydrogens (tertiary/aromatic N) is 1. The van der Waals surface area contributed by atoms with Crippen LogP contribution < -0.4 is 0 Å². The van der Waals surface area contributed by atoms with Crippen LogP contribution in [0.15, 0.2) is 11.6 Å². The second kappa shape index (κ2) is 2.94. The Kier molecular flexibility index (Phi) is 1.95. The molecule has 2 rings (SSSR count). The molecule has 1 aromatic heterocycles. The number of rotatable bonds is 1. The molecule has 0 radical (unpaired) electrons. The van der Waals surface area contributed by atoms with Gasteiger partial charge in [0.1, 0.15) is 0 Å². The van der Waals surface area contributed by atoms with Crippen LogP contribution in [0.4, 0.5) is 0 Å². The maximum atomic E-state index is 4.35. The van der Waals surface area contributed by atoms with Crippen LogP contribution in [0.5, 0.6) is 0 Å². The van der Waals surface area contributed by atoms with Gasteiger partial charge in [-0.15, -0.1) is 11.3 Å². The van der Waals surface area contributed by atoms with Crippen molar-refractivity contribution >= 4 is 11.3 Å². The van der Waals surface area contributed by atoms with Gasteiger partial charge < -0.3 is 0 Å². The highest BCUT2D eigenvalue weighted by Gasteiger charge is 2.24. The molecular formula is C9H13NS. The first-order valence-corrected chi connectivity index (χ1v) is 5.13. The molecule has 11 heavy (non-hydrogen) atoms. The van der Waals surface area contributed by atoms with Crippen LogP contribution in [0.3, 0.4) is 0 Å². The Labute approximate surface area is 71.5 Å². The van der Waals surface area contributed by atoms with Gasteiger partial charge in [-0.25, -0.2) is 4.98 Å². The van der Waals surface area contributed by atoms with Gasteiger partial charge in [-0.3, -0.25) is 0 Å². The Morgan fingerprint density at radius 2 is 2.45 bits per heavy atom. The first-order chi connectivity index (χ1) is 5.36. The van der Waals surface area contributed by atoms with Crippen molar-refractivity contribution in [3.05, 3.63) is 16.6 Å². The standard InChI is InChI=1S/C9H13NS/c1-7-2-3-8(6-7)9-10-4-5-11-9/h4-5,7-8H,2-3,6H2,1H3. The summed E-state index contributed by atoms with van der Waals surface area (Å²) in [7, 11) is 0. The van der Waals surface area contributed by atoms with Crippen LogP contribution in [0, 0.1) is 5.92 Å². The van der Waals surface area contributed by atoms with Crippen LogP contribution in [0.1, 0.15) is 37.1 Å². The highest BCUT2D eigenvalue weighted by molar-refractivity contribution is 7.09. The lowest BCUT2D eigenvalue weighted by Crippen LogP contribution is -1.91. The van der Waals surface area contributed by atoms with Crippen LogP contribution in [0.25, 0.3) is 0 Å². The van der Waals surface area contributed by atoms with Crippen LogP contribution in [0.2, 0.25) is 0 Å². The van der Waals surface area contributed by atoms with E-state index in [-0.39, 0.29) is 0 Å². The molecule has 1 saturated carbocycles. The number of aromatic nitrogens is 1. The number of hydrogen-bond donors (Lipinski definition) is 0. The SMILES string of the molecule is CC1CCC(c2nccs2)C1. The molecule has 2 heteroatoms. The van der Waals surface area contributed by atoms with Crippen molar-refractivity contribution in [3.8, 4) is 0 Å². The summed E-state index contributed by atoms with van der Waals surface area (Å²) in [5.41, 5.74) is 0. The largest absolute Gasteiger partial charge is 0.249 e. The maximum Gasteiger partial charge on any atom is 0.0955 e. The lowest BCUT2D eigenvalue weighted by molar-refractivity contribution is 0.595. The molecule has 0 amide bonds. The summed E-state index contributed by atoms with van der Waals surface area (Å²) in [6.45, 7) is 2.34. The van der Waals surface area contributed by atoms with Gasteiger partial charge in [0.2, 0.25) is 0 Å². The normalized spacial score (nSPS) is 31.0. The van der Waals surface area contributed by atoms with E-state index in [9.17, 15) is 0 Å². The molecule has 1 nitrogen and oxygen atoms in total. The van der Waals surface area contributed by atoms with Crippen molar-refractivity contribution < 1.29 is 0 Å². The minimum Gasteiger partial charge on any atom is -0.249 e. The van der Waals surface area contributed by atoms with E-state index >= 15 is 0 Å². The zero-order chi connectivity index (χ0) is 7.68. The van der Waals surface area contributed by atoms with Crippen LogP contribution in [-0.4, -0.2) is 4.98 Å². The van der Waals surface area contributed by atoms with Crippen molar-refractivity contribution in [3.63, 3.8) is 0 Å². The van der Waals surface area contributed by atoms with E-state index in [4.69, 9.17) is 0 Å². The molecule has 0 saturated heterocycles. The van der Waals surface area contributed by atoms with E-state index in [1.807, 2.05) is 17.5 Å². The Bertz CT molecular complexity index is 217. The minimum absolute atomic E-state index is 0.782. The Balaban J connectivity index is 2.08. The fourth-order valence-corrected chi connectivity index (χ4v) is 2.66. The summed E-state index contributed by atoms with van der Waals surface area (Å²) >= 11 is 1.81. The lowest BCUT2D eigenvalue weighted by atomic mass is 10.1. The molecular weight excluding hydrogens is 154 g/mol. The summed E-state index contributed by atoms with van der Waals surface area (Å²) in [6, 6.07) is 0. The number of hydrogen-bond acceptors (Lipinski definition) is 2. The van der Waals surface area contributed by atoms with E-state index in [2.05, 4.69) is 17.3 Å². The topological polar surface area (TPSA) is 12.9 Å². The molecule has 1 aliphatic rings. The summed E-state index contributed by atoms with van der Waals surface area (Å²) in [6.07, 6.45) is 6.02. The van der Waals surface area contributed by atoms with Crippen LogP contribution in [-0.2, 0) is 0 Å². The fraction of sp³-hybridized carbons (Fsp3) is 0.667. The molecule has 1 aromatic rings. The second-order valence-electron chi connectivity index (χ2n) is 3.49. The van der Waals surface area contributed by atoms with Crippen molar-refractivity contribution in [2.24, 2.45) is 5.92 Å². The molecule has 1 aliphatic carbocycles. The molecule has 1 heterocycles. The molecule has 2 atom stereocenters. The molecule has 60 valence electrons. The van der Waals surface area contributed by atoms with Crippen molar-refractivity contribution in [2.75, 3.05) is 0 Å². The van der Waals surface area contributed by atoms with E-state index in [0.29, 0.717) is 0 Å². The van der Waals surface area contributed by atoms with Crippen molar-refractivity contribution in [2.45, 2.75) is 32.1 Å². The van der Waals surface area contributed by atoms with Gasteiger partial charge >= 0.3 is 0 Å². The Morgan fingerprint density at radius 1 is 1.55 bits per heavy atom. The first kappa shape index (κ1) is 7.29. The van der Waals surface area contributed by atoms with E-state index in [1.165, 1.54) is 24.3 Å². The highest BCUT2D eigenvalue weighted by Crippen LogP contribution is 2.38. The summed E-state index contributed by atoms with van der Waals surface area (Å²) in [4.78, 5) is 4.35. The second-order valence-corrected chi connectivity index (χ2v) is 4.41. The van der Waals surface area contributed by atoms with E-state index < -0.39 is 0 Å². The summed E-state index contributed by atoms with van der Waals surface area (Å²) in [5.74, 6) is 1.70. The maximum absolute atomic E-state index is 4.35. The molecule has 0 aliphatic heterocycles. The zero-order valence-electron chi connectivity index (χ0n) is 6.79. The van der Waals surface area contributed by atoms with Gasteiger partial charge in [-0.2, -0.15) is 0 Å². The molecule has 1 fully saturated rings. The van der Waals surface area contributed by atoms with Crippen LogP contribution >= 0.6 is 11.3 Å². The summed E-state index contributed by atoms with van der Waals surface area (Å²) in [5, 5.41) is 3.44. The Morgan fingerprint density at radius 3 is 3.00 bits per heavy atom. The average molecular weight is 167 g/mol. The quantitative estimate of drug-likeness (QED) is 0.626. The molecule has 0 aromatic carbocycles. The van der Waals surface area contributed by atoms with Gasteiger partial charge in [0, 0.05) is 17.5 Å². The smallest absolute Gasteiger partial charge is 0.0955 e. The predicted molar refractivity (Wildman–Crippen MR) is 47.9 cm³/mol. The van der Waals surface area contributed by atoms with Crippen molar-refractivity contribution in [1.82, 2.24) is 4.98 Å². The highest BCUT2D eigenvalue weighted by atomic mass is 32.1. The molecule has 0 bridgehead atoms. The third-order valence-corrected chi connectivity index (χ3v) is 3.43. The predicted octanol–water partition coefficient (Wildman–Crippen LogP) is 3.05. The summed E-state index contributed by atoms with van der Waals surface area (Å²) < 4.78 is 0. The van der Waals surface area contributed by atoms with E-state index in [1.54, 1.807) is 0 Å². The van der Waals surface area contributed by atoms with Crippen molar-refractivity contribution in [1.29, 1.82) is 0 Å². The third kappa shape index (κ3) is 1.45. The minimum atomic E-state index is 0.782. The molecule has 0 N–H and O–H groups in total. The van der Waals surface area contributed by atoms with Gasteiger partial charge in [0.15, 0.2) is 0 Å². The average Bonchev–Trinajstić information content (AvgIpc) is 2.55. The van der Waals surface area contributed by atoms with Gasteiger partial charge in [-0.1, -0.05) is 13.3 Å². The molecule has 0 spiro atoms. The first-order valence-electron chi connectivity index (χ1n) is 4.25. The monoisotopic (exact) mass is 167 g/mol. The van der Waals surface area contributed by atoms with Gasteiger partial charge in [-0.05, 0) is 18.8 Å². The Hall–Kier alpha value is -0.370. The van der Waals surface area contributed by atoms with Gasteiger partial charge in [0.25, 0.3) is 0 Å². The fourth-order valence-electron chi connectivity index (χ4n) is 1.87. The number of thiazole rings is 1. The van der Waals surface area contributed by atoms with Gasteiger partial charge in [0.05, 0.1) is 5.01 Å². The zero-order valence-corrected chi connectivity index (χ0v) is 7.60. The lowest BCUT2D eigenvalue weighted by Gasteiger charge is -2.03. The third-order valence-electron chi connectivity index (χ3n) is 2.50. The van der Waals surface area contributed by atoms with E-state index in [0.717, 1.165) is 11.8 Å².